The van der Waals surface area contributed by atoms with Gasteiger partial charge in [0.05, 0.1) is 22.6 Å². The van der Waals surface area contributed by atoms with Gasteiger partial charge in [0.2, 0.25) is 0 Å². The highest BCUT2D eigenvalue weighted by molar-refractivity contribution is 5.77. The third-order valence-electron chi connectivity index (χ3n) is 4.32. The largest absolute Gasteiger partial charge is 0.368 e. The van der Waals surface area contributed by atoms with Crippen LogP contribution in [0.2, 0.25) is 0 Å². The Morgan fingerprint density at radius 3 is 1.85 bits per heavy atom. The highest BCUT2D eigenvalue weighted by atomic mass is 16.6. The van der Waals surface area contributed by atoms with Gasteiger partial charge in [0.25, 0.3) is 5.69 Å². The van der Waals surface area contributed by atoms with Crippen LogP contribution in [0.5, 0.6) is 0 Å². The molecule has 0 spiro atoms. The molecule has 0 amide bonds. The maximum absolute atomic E-state index is 11.5. The van der Waals surface area contributed by atoms with Crippen LogP contribution in [0.3, 0.4) is 0 Å². The maximum atomic E-state index is 11.5. The predicted molar refractivity (Wildman–Crippen MR) is 106 cm³/mol. The van der Waals surface area contributed by atoms with Crippen LogP contribution in [0.4, 0.5) is 5.69 Å². The number of hydrogen-bond donors (Lipinski definition) is 0. The second-order valence-corrected chi connectivity index (χ2v) is 6.08. The summed E-state index contributed by atoms with van der Waals surface area (Å²) in [5.74, 6) is 1.12. The summed E-state index contributed by atoms with van der Waals surface area (Å²) in [5.41, 5.74) is 3.34. The topological polar surface area (TPSA) is 54.4 Å². The van der Waals surface area contributed by atoms with Gasteiger partial charge in [-0.15, -0.1) is 0 Å². The predicted octanol–water partition coefficient (Wildman–Crippen LogP) is 6.47. The molecule has 4 nitrogen and oxygen atoms in total. The Bertz CT molecular complexity index is 1040. The molecular formula is C23H16NO3+. The maximum Gasteiger partial charge on any atom is 0.368 e. The van der Waals surface area contributed by atoms with Crippen LogP contribution in [0.15, 0.2) is 101 Å². The van der Waals surface area contributed by atoms with Gasteiger partial charge < -0.3 is 0 Å². The van der Waals surface area contributed by atoms with Crippen molar-refractivity contribution in [3.8, 4) is 33.8 Å². The quantitative estimate of drug-likeness (QED) is 0.240. The van der Waals surface area contributed by atoms with E-state index in [-0.39, 0.29) is 10.6 Å². The van der Waals surface area contributed by atoms with Crippen LogP contribution in [-0.2, 0) is 0 Å². The number of rotatable bonds is 4. The Labute approximate surface area is 156 Å². The third-order valence-corrected chi connectivity index (χ3v) is 4.32. The molecule has 4 aromatic rings. The molecule has 0 saturated carbocycles. The van der Waals surface area contributed by atoms with E-state index >= 15 is 0 Å². The Kier molecular flexibility index (Phi) is 4.45. The first-order valence-corrected chi connectivity index (χ1v) is 8.55. The van der Waals surface area contributed by atoms with Crippen molar-refractivity contribution >= 4 is 5.69 Å². The zero-order valence-electron chi connectivity index (χ0n) is 14.4. The number of nitro benzene ring substituents is 1. The lowest BCUT2D eigenvalue weighted by Gasteiger charge is -2.02. The summed E-state index contributed by atoms with van der Waals surface area (Å²) in [6.45, 7) is 0. The Hall–Kier alpha value is -3.79. The summed E-state index contributed by atoms with van der Waals surface area (Å²) in [6.07, 6.45) is 0. The van der Waals surface area contributed by atoms with Gasteiger partial charge in [-0.1, -0.05) is 60.7 Å². The number of hydrogen-bond acceptors (Lipinski definition) is 2. The van der Waals surface area contributed by atoms with E-state index in [0.29, 0.717) is 17.1 Å². The molecule has 130 valence electrons. The fraction of sp³-hybridized carbons (Fsp3) is 0. The SMILES string of the molecule is O=[N+]([O-])c1ccccc1-c1cc(-c2ccccc2)cc(-c2ccccc2)[o+]1. The highest BCUT2D eigenvalue weighted by Crippen LogP contribution is 2.36. The average molecular weight is 354 g/mol. The minimum Gasteiger partial charge on any atom is -0.258 e. The van der Waals surface area contributed by atoms with E-state index in [9.17, 15) is 10.1 Å². The first-order valence-electron chi connectivity index (χ1n) is 8.55. The zero-order valence-corrected chi connectivity index (χ0v) is 14.4. The van der Waals surface area contributed by atoms with Gasteiger partial charge in [-0.05, 0) is 23.8 Å². The van der Waals surface area contributed by atoms with E-state index in [0.717, 1.165) is 16.7 Å². The first kappa shape index (κ1) is 16.7. The van der Waals surface area contributed by atoms with E-state index in [1.165, 1.54) is 6.07 Å². The summed E-state index contributed by atoms with van der Waals surface area (Å²) in [7, 11) is 0. The van der Waals surface area contributed by atoms with Gasteiger partial charge in [-0.2, -0.15) is 0 Å². The lowest BCUT2D eigenvalue weighted by molar-refractivity contribution is -0.384. The van der Waals surface area contributed by atoms with Crippen LogP contribution in [0.25, 0.3) is 33.8 Å². The molecule has 0 unspecified atom stereocenters. The van der Waals surface area contributed by atoms with Crippen LogP contribution < -0.4 is 0 Å². The van der Waals surface area contributed by atoms with Crippen LogP contribution in [0, 0.1) is 10.1 Å². The highest BCUT2D eigenvalue weighted by Gasteiger charge is 2.26. The fourth-order valence-electron chi connectivity index (χ4n) is 3.02. The molecule has 1 heterocycles. The number of para-hydroxylation sites is 1. The first-order chi connectivity index (χ1) is 13.2. The molecule has 0 aliphatic rings. The molecule has 0 radical (unpaired) electrons. The van der Waals surface area contributed by atoms with Crippen LogP contribution in [0.1, 0.15) is 0 Å². The van der Waals surface area contributed by atoms with Gasteiger partial charge in [0, 0.05) is 11.6 Å². The van der Waals surface area contributed by atoms with Gasteiger partial charge in [-0.25, -0.2) is 4.42 Å². The molecule has 4 heteroatoms. The van der Waals surface area contributed by atoms with Crippen molar-refractivity contribution in [1.29, 1.82) is 0 Å². The van der Waals surface area contributed by atoms with Crippen molar-refractivity contribution < 1.29 is 9.34 Å². The van der Waals surface area contributed by atoms with Crippen molar-refractivity contribution in [2.24, 2.45) is 0 Å². The van der Waals surface area contributed by atoms with E-state index in [4.69, 9.17) is 4.42 Å². The Morgan fingerprint density at radius 1 is 0.630 bits per heavy atom. The average Bonchev–Trinajstić information content (AvgIpc) is 2.74. The van der Waals surface area contributed by atoms with Gasteiger partial charge in [0.15, 0.2) is 5.56 Å². The van der Waals surface area contributed by atoms with Gasteiger partial charge in [0.1, 0.15) is 0 Å². The molecule has 0 N–H and O–H groups in total. The van der Waals surface area contributed by atoms with Crippen molar-refractivity contribution in [2.45, 2.75) is 0 Å². The monoisotopic (exact) mass is 354 g/mol. The molecule has 0 aliphatic carbocycles. The normalized spacial score (nSPS) is 10.5. The summed E-state index contributed by atoms with van der Waals surface area (Å²) < 4.78 is 6.10. The molecule has 0 saturated heterocycles. The van der Waals surface area contributed by atoms with E-state index in [2.05, 4.69) is 0 Å². The van der Waals surface area contributed by atoms with Crippen LogP contribution in [-0.4, -0.2) is 4.92 Å². The minimum absolute atomic E-state index is 0.0190. The van der Waals surface area contributed by atoms with E-state index < -0.39 is 0 Å². The number of benzene rings is 3. The summed E-state index contributed by atoms with van der Waals surface area (Å²) >= 11 is 0. The van der Waals surface area contributed by atoms with Crippen molar-refractivity contribution in [3.05, 3.63) is 107 Å². The number of nitro groups is 1. The van der Waals surface area contributed by atoms with Gasteiger partial charge in [-0.3, -0.25) is 10.1 Å². The Balaban J connectivity index is 1.96. The lowest BCUT2D eigenvalue weighted by Crippen LogP contribution is -1.92. The summed E-state index contributed by atoms with van der Waals surface area (Å²) in [6, 6.07) is 30.1. The molecular weight excluding hydrogens is 338 g/mol. The van der Waals surface area contributed by atoms with E-state index in [1.54, 1.807) is 18.2 Å². The molecule has 4 rings (SSSR count). The van der Waals surface area contributed by atoms with E-state index in [1.807, 2.05) is 72.8 Å². The molecule has 3 aromatic carbocycles. The van der Waals surface area contributed by atoms with Crippen molar-refractivity contribution in [1.82, 2.24) is 0 Å². The fourth-order valence-corrected chi connectivity index (χ4v) is 3.02. The van der Waals surface area contributed by atoms with Crippen LogP contribution >= 0.6 is 0 Å². The molecule has 1 aromatic heterocycles. The van der Waals surface area contributed by atoms with Crippen molar-refractivity contribution in [2.75, 3.05) is 0 Å². The second-order valence-electron chi connectivity index (χ2n) is 6.08. The number of nitrogens with zero attached hydrogens (tertiary/aromatic N) is 1. The smallest absolute Gasteiger partial charge is 0.258 e. The second kappa shape index (κ2) is 7.22. The molecule has 0 bridgehead atoms. The molecule has 27 heavy (non-hydrogen) atoms. The zero-order chi connectivity index (χ0) is 18.6. The third kappa shape index (κ3) is 3.46. The summed E-state index contributed by atoms with van der Waals surface area (Å²) in [5, 5.41) is 11.5. The van der Waals surface area contributed by atoms with Crippen molar-refractivity contribution in [3.63, 3.8) is 0 Å². The molecule has 0 atom stereocenters. The lowest BCUT2D eigenvalue weighted by atomic mass is 10.0. The Morgan fingerprint density at radius 2 is 1.19 bits per heavy atom. The molecule has 0 aliphatic heterocycles. The minimum atomic E-state index is -0.387. The summed E-state index contributed by atoms with van der Waals surface area (Å²) in [4.78, 5) is 11.1. The van der Waals surface area contributed by atoms with Gasteiger partial charge >= 0.3 is 11.5 Å². The standard InChI is InChI=1S/C23H16NO3/c25-24(26)21-14-8-7-13-20(21)23-16-19(17-9-3-1-4-10-17)15-22(27-23)18-11-5-2-6-12-18/h1-16H/q+1. The molecule has 0 fully saturated rings.